The van der Waals surface area contributed by atoms with Gasteiger partial charge >= 0.3 is 0 Å². The Balaban J connectivity index is 1.14. The average Bonchev–Trinajstić information content (AvgIpc) is 3.67. The summed E-state index contributed by atoms with van der Waals surface area (Å²) in [6.07, 6.45) is 1.85. The maximum absolute atomic E-state index is 6.22. The molecule has 3 heterocycles. The van der Waals surface area contributed by atoms with Crippen LogP contribution in [0.4, 0.5) is 17.3 Å². The van der Waals surface area contributed by atoms with Crippen molar-refractivity contribution in [3.05, 3.63) is 152 Å². The first kappa shape index (κ1) is 25.7. The van der Waals surface area contributed by atoms with Gasteiger partial charge in [0.05, 0.1) is 5.69 Å². The minimum Gasteiger partial charge on any atom is -0.456 e. The number of hydrogen-bond acceptors (Lipinski definition) is 5. The smallest absolute Gasteiger partial charge is 0.235 e. The number of thiophene rings is 1. The van der Waals surface area contributed by atoms with Crippen LogP contribution in [0.2, 0.25) is 0 Å². The summed E-state index contributed by atoms with van der Waals surface area (Å²) in [5, 5.41) is 4.76. The SMILES string of the molecule is c1ccc(N(c2ccccc2)c2nccc(-c3ccc4sc5c(-c6ccc7c(c6)oc6ccccc67)cccc5c4c3)n2)cc1. The van der Waals surface area contributed by atoms with Gasteiger partial charge in [0.15, 0.2) is 0 Å². The highest BCUT2D eigenvalue weighted by Gasteiger charge is 2.17. The lowest BCUT2D eigenvalue weighted by molar-refractivity contribution is 0.669. The second-order valence-corrected chi connectivity index (χ2v) is 12.1. The molecular formula is C40H25N3OS. The number of anilines is 3. The van der Waals surface area contributed by atoms with Gasteiger partial charge in [-0.1, -0.05) is 84.9 Å². The van der Waals surface area contributed by atoms with E-state index in [9.17, 15) is 0 Å². The van der Waals surface area contributed by atoms with E-state index < -0.39 is 0 Å². The third kappa shape index (κ3) is 4.36. The maximum Gasteiger partial charge on any atom is 0.235 e. The van der Waals surface area contributed by atoms with Crippen LogP contribution in [0.5, 0.6) is 0 Å². The first-order valence-electron chi connectivity index (χ1n) is 14.9. The first-order chi connectivity index (χ1) is 22.3. The molecule has 4 nitrogen and oxygen atoms in total. The van der Waals surface area contributed by atoms with Crippen LogP contribution in [0.25, 0.3) is 64.5 Å². The monoisotopic (exact) mass is 595 g/mol. The van der Waals surface area contributed by atoms with Gasteiger partial charge in [-0.05, 0) is 71.8 Å². The Bertz CT molecular complexity index is 2460. The largest absolute Gasteiger partial charge is 0.456 e. The van der Waals surface area contributed by atoms with E-state index in [4.69, 9.17) is 14.4 Å². The lowest BCUT2D eigenvalue weighted by Gasteiger charge is -2.23. The van der Waals surface area contributed by atoms with E-state index in [1.165, 1.54) is 25.7 Å². The summed E-state index contributed by atoms with van der Waals surface area (Å²) in [6.45, 7) is 0. The number of rotatable bonds is 5. The van der Waals surface area contributed by atoms with E-state index in [-0.39, 0.29) is 0 Å². The summed E-state index contributed by atoms with van der Waals surface area (Å²) in [5.74, 6) is 0.628. The summed E-state index contributed by atoms with van der Waals surface area (Å²) in [4.78, 5) is 11.9. The normalized spacial score (nSPS) is 11.6. The summed E-state index contributed by atoms with van der Waals surface area (Å²) in [7, 11) is 0. The minimum atomic E-state index is 0.628. The number of furan rings is 1. The molecule has 0 unspecified atom stereocenters. The van der Waals surface area contributed by atoms with Crippen molar-refractivity contribution in [1.82, 2.24) is 9.97 Å². The van der Waals surface area contributed by atoms with Gasteiger partial charge in [-0.25, -0.2) is 9.97 Å². The van der Waals surface area contributed by atoms with Crippen molar-refractivity contribution in [3.63, 3.8) is 0 Å². The first-order valence-corrected chi connectivity index (χ1v) is 15.7. The second kappa shape index (κ2) is 10.4. The van der Waals surface area contributed by atoms with Gasteiger partial charge < -0.3 is 4.42 Å². The van der Waals surface area contributed by atoms with E-state index in [1.807, 2.05) is 72.1 Å². The van der Waals surface area contributed by atoms with Crippen LogP contribution >= 0.6 is 11.3 Å². The molecule has 0 aliphatic heterocycles. The highest BCUT2D eigenvalue weighted by atomic mass is 32.1. The van der Waals surface area contributed by atoms with Crippen LogP contribution < -0.4 is 4.90 Å². The molecule has 0 saturated carbocycles. The molecule has 3 aromatic heterocycles. The van der Waals surface area contributed by atoms with Crippen LogP contribution in [0.1, 0.15) is 0 Å². The van der Waals surface area contributed by atoms with Crippen LogP contribution in [0, 0.1) is 0 Å². The fraction of sp³-hybridized carbons (Fsp3) is 0. The molecule has 0 spiro atoms. The lowest BCUT2D eigenvalue weighted by atomic mass is 10.0. The Kier molecular flexibility index (Phi) is 5.96. The summed E-state index contributed by atoms with van der Waals surface area (Å²) >= 11 is 1.83. The van der Waals surface area contributed by atoms with Crippen molar-refractivity contribution in [2.45, 2.75) is 0 Å². The maximum atomic E-state index is 6.22. The number of benzene rings is 6. The molecule has 0 radical (unpaired) electrons. The van der Waals surface area contributed by atoms with Gasteiger partial charge in [0, 0.05) is 54.1 Å². The van der Waals surface area contributed by atoms with Crippen LogP contribution in [-0.2, 0) is 0 Å². The van der Waals surface area contributed by atoms with Crippen LogP contribution in [-0.4, -0.2) is 9.97 Å². The molecule has 0 amide bonds. The molecule has 0 fully saturated rings. The van der Waals surface area contributed by atoms with Crippen molar-refractivity contribution in [3.8, 4) is 22.4 Å². The van der Waals surface area contributed by atoms with Gasteiger partial charge in [-0.2, -0.15) is 0 Å². The highest BCUT2D eigenvalue weighted by Crippen LogP contribution is 2.42. The van der Waals surface area contributed by atoms with Crippen molar-refractivity contribution in [2.24, 2.45) is 0 Å². The zero-order valence-corrected chi connectivity index (χ0v) is 24.9. The van der Waals surface area contributed by atoms with Crippen LogP contribution in [0.15, 0.2) is 156 Å². The van der Waals surface area contributed by atoms with Crippen molar-refractivity contribution in [1.29, 1.82) is 0 Å². The van der Waals surface area contributed by atoms with E-state index in [0.29, 0.717) is 5.95 Å². The quantitative estimate of drug-likeness (QED) is 0.198. The summed E-state index contributed by atoms with van der Waals surface area (Å²) in [6, 6.07) is 50.5. The molecular weight excluding hydrogens is 571 g/mol. The summed E-state index contributed by atoms with van der Waals surface area (Å²) < 4.78 is 8.73. The van der Waals surface area contributed by atoms with E-state index in [0.717, 1.165) is 50.1 Å². The Hall–Kier alpha value is -5.78. The molecule has 9 rings (SSSR count). The van der Waals surface area contributed by atoms with Crippen molar-refractivity contribution >= 4 is 70.8 Å². The highest BCUT2D eigenvalue weighted by molar-refractivity contribution is 7.26. The third-order valence-electron chi connectivity index (χ3n) is 8.35. The Morgan fingerprint density at radius 3 is 2.07 bits per heavy atom. The predicted molar refractivity (Wildman–Crippen MR) is 188 cm³/mol. The lowest BCUT2D eigenvalue weighted by Crippen LogP contribution is -2.13. The van der Waals surface area contributed by atoms with Crippen molar-refractivity contribution < 1.29 is 4.42 Å². The molecule has 5 heteroatoms. The number of fused-ring (bicyclic) bond motifs is 6. The number of nitrogens with zero attached hydrogens (tertiary/aromatic N) is 3. The van der Waals surface area contributed by atoms with Gasteiger partial charge in [-0.15, -0.1) is 11.3 Å². The van der Waals surface area contributed by atoms with Crippen LogP contribution in [0.3, 0.4) is 0 Å². The molecule has 0 atom stereocenters. The Morgan fingerprint density at radius 2 is 1.24 bits per heavy atom. The zero-order valence-electron chi connectivity index (χ0n) is 24.1. The number of hydrogen-bond donors (Lipinski definition) is 0. The van der Waals surface area contributed by atoms with Crippen molar-refractivity contribution in [2.75, 3.05) is 4.90 Å². The predicted octanol–water partition coefficient (Wildman–Crippen LogP) is 11.5. The third-order valence-corrected chi connectivity index (χ3v) is 9.57. The Morgan fingerprint density at radius 1 is 0.533 bits per heavy atom. The van der Waals surface area contributed by atoms with E-state index in [1.54, 1.807) is 0 Å². The molecule has 45 heavy (non-hydrogen) atoms. The topological polar surface area (TPSA) is 42.2 Å². The van der Waals surface area contributed by atoms with Gasteiger partial charge in [-0.3, -0.25) is 4.90 Å². The second-order valence-electron chi connectivity index (χ2n) is 11.1. The molecule has 0 aliphatic rings. The fourth-order valence-corrected chi connectivity index (χ4v) is 7.45. The fourth-order valence-electron chi connectivity index (χ4n) is 6.23. The summed E-state index contributed by atoms with van der Waals surface area (Å²) in [5.41, 5.74) is 8.15. The van der Waals surface area contributed by atoms with Gasteiger partial charge in [0.1, 0.15) is 11.2 Å². The minimum absolute atomic E-state index is 0.628. The number of aromatic nitrogens is 2. The molecule has 6 aromatic carbocycles. The number of para-hydroxylation sites is 3. The molecule has 212 valence electrons. The van der Waals surface area contributed by atoms with E-state index >= 15 is 0 Å². The van der Waals surface area contributed by atoms with E-state index in [2.05, 4.69) is 95.9 Å². The molecule has 0 bridgehead atoms. The Labute approximate surface area is 263 Å². The molecule has 0 aliphatic carbocycles. The zero-order chi connectivity index (χ0) is 29.7. The van der Waals surface area contributed by atoms with Gasteiger partial charge in [0.25, 0.3) is 0 Å². The standard InChI is InChI=1S/C40H25N3OS/c1-3-10-28(11-4-1)43(29-12-5-2-6-13-29)40-41-23-22-35(42-40)27-19-21-38-34(24-27)33-16-9-15-30(39(33)45-38)26-18-20-32-31-14-7-8-17-36(31)44-37(32)25-26/h1-25H. The molecule has 9 aromatic rings. The molecule has 0 N–H and O–H groups in total. The average molecular weight is 596 g/mol. The van der Waals surface area contributed by atoms with Gasteiger partial charge in [0.2, 0.25) is 5.95 Å². The molecule has 0 saturated heterocycles.